The highest BCUT2D eigenvalue weighted by atomic mass is 33.1. The second kappa shape index (κ2) is 9.64. The maximum atomic E-state index is 10.1. The van der Waals surface area contributed by atoms with E-state index >= 15 is 0 Å². The van der Waals surface area contributed by atoms with Gasteiger partial charge >= 0.3 is 5.97 Å². The molecule has 0 amide bonds. The molecule has 6 heteroatoms. The summed E-state index contributed by atoms with van der Waals surface area (Å²) in [4.78, 5) is 10.1. The molecule has 3 N–H and O–H groups in total. The van der Waals surface area contributed by atoms with Gasteiger partial charge in [0.05, 0.1) is 0 Å². The van der Waals surface area contributed by atoms with Crippen LogP contribution in [0.5, 0.6) is 0 Å². The summed E-state index contributed by atoms with van der Waals surface area (Å²) >= 11 is 0. The van der Waals surface area contributed by atoms with Crippen molar-refractivity contribution >= 4 is 27.6 Å². The molecule has 0 aliphatic carbocycles. The van der Waals surface area contributed by atoms with Crippen LogP contribution in [0.2, 0.25) is 0 Å². The number of rotatable bonds is 9. The van der Waals surface area contributed by atoms with Gasteiger partial charge in [-0.1, -0.05) is 21.6 Å². The predicted octanol–water partition coefficient (Wildman–Crippen LogP) is 1.32. The number of carboxylic acids is 1. The number of aliphatic hydroxyl groups excluding tert-OH is 1. The summed E-state index contributed by atoms with van der Waals surface area (Å²) < 4.78 is 0. The summed E-state index contributed by atoms with van der Waals surface area (Å²) in [6.45, 7) is 0. The summed E-state index contributed by atoms with van der Waals surface area (Å²) in [5, 5.41) is 25.4. The third-order valence-electron chi connectivity index (χ3n) is 1.39. The predicted molar refractivity (Wildman–Crippen MR) is 59.2 cm³/mol. The second-order valence-electron chi connectivity index (χ2n) is 2.76. The van der Waals surface area contributed by atoms with Gasteiger partial charge in [-0.05, 0) is 19.3 Å². The lowest BCUT2D eigenvalue weighted by Gasteiger charge is -2.02. The zero-order valence-corrected chi connectivity index (χ0v) is 9.52. The van der Waals surface area contributed by atoms with E-state index < -0.39 is 12.3 Å². The molecule has 0 heterocycles. The van der Waals surface area contributed by atoms with Crippen LogP contribution in [0.1, 0.15) is 25.7 Å². The van der Waals surface area contributed by atoms with E-state index in [2.05, 4.69) is 0 Å². The number of hydrogen-bond donors (Lipinski definition) is 3. The third-order valence-corrected chi connectivity index (χ3v) is 3.97. The molecule has 0 atom stereocenters. The molecule has 4 nitrogen and oxygen atoms in total. The van der Waals surface area contributed by atoms with Gasteiger partial charge in [0, 0.05) is 17.9 Å². The zero-order valence-electron chi connectivity index (χ0n) is 7.89. The standard InChI is InChI=1S/C8H16O4S2/c9-7(10)3-1-5-13-14-6-2-4-8(11)12/h7,9-10H,1-6H2,(H,11,12). The molecule has 0 aromatic heterocycles. The number of carboxylic acid groups (broad SMARTS) is 1. The van der Waals surface area contributed by atoms with Crippen LogP contribution in [0.3, 0.4) is 0 Å². The fourth-order valence-electron chi connectivity index (χ4n) is 0.725. The van der Waals surface area contributed by atoms with Gasteiger partial charge in [-0.25, -0.2) is 0 Å². The van der Waals surface area contributed by atoms with Crippen LogP contribution in [0, 0.1) is 0 Å². The van der Waals surface area contributed by atoms with Gasteiger partial charge in [-0.15, -0.1) is 0 Å². The van der Waals surface area contributed by atoms with Crippen LogP contribution in [0.15, 0.2) is 0 Å². The van der Waals surface area contributed by atoms with E-state index in [1.807, 2.05) is 0 Å². The smallest absolute Gasteiger partial charge is 0.303 e. The SMILES string of the molecule is O=C(O)CCCSSCCCC(O)O. The quantitative estimate of drug-likeness (QED) is 0.320. The minimum Gasteiger partial charge on any atom is -0.481 e. The molecular weight excluding hydrogens is 224 g/mol. The second-order valence-corrected chi connectivity index (χ2v) is 5.47. The number of aliphatic carboxylic acids is 1. The highest BCUT2D eigenvalue weighted by Crippen LogP contribution is 2.23. The Morgan fingerprint density at radius 2 is 1.71 bits per heavy atom. The van der Waals surface area contributed by atoms with Crippen molar-refractivity contribution in [2.45, 2.75) is 32.0 Å². The molecule has 0 radical (unpaired) electrons. The largest absolute Gasteiger partial charge is 0.481 e. The average molecular weight is 240 g/mol. The van der Waals surface area contributed by atoms with E-state index in [-0.39, 0.29) is 6.42 Å². The zero-order chi connectivity index (χ0) is 10.8. The van der Waals surface area contributed by atoms with Gasteiger partial charge in [0.1, 0.15) is 0 Å². The Labute approximate surface area is 91.5 Å². The maximum absolute atomic E-state index is 10.1. The Morgan fingerprint density at radius 3 is 2.21 bits per heavy atom. The van der Waals surface area contributed by atoms with Crippen molar-refractivity contribution in [1.29, 1.82) is 0 Å². The first-order valence-electron chi connectivity index (χ1n) is 4.45. The van der Waals surface area contributed by atoms with E-state index in [1.165, 1.54) is 0 Å². The van der Waals surface area contributed by atoms with E-state index in [4.69, 9.17) is 15.3 Å². The molecular formula is C8H16O4S2. The summed E-state index contributed by atoms with van der Waals surface area (Å²) in [7, 11) is 3.29. The molecule has 84 valence electrons. The molecule has 14 heavy (non-hydrogen) atoms. The minimum atomic E-state index is -1.20. The van der Waals surface area contributed by atoms with Crippen LogP contribution in [0.25, 0.3) is 0 Å². The van der Waals surface area contributed by atoms with E-state index in [9.17, 15) is 4.79 Å². The monoisotopic (exact) mass is 240 g/mol. The van der Waals surface area contributed by atoms with E-state index in [1.54, 1.807) is 21.6 Å². The van der Waals surface area contributed by atoms with Gasteiger partial charge in [0.25, 0.3) is 0 Å². The average Bonchev–Trinajstić information content (AvgIpc) is 2.08. The molecule has 0 saturated heterocycles. The van der Waals surface area contributed by atoms with Crippen molar-refractivity contribution in [2.24, 2.45) is 0 Å². The fraction of sp³-hybridized carbons (Fsp3) is 0.875. The van der Waals surface area contributed by atoms with Crippen LogP contribution < -0.4 is 0 Å². The number of aliphatic hydroxyl groups is 2. The Hall–Kier alpha value is 0.0900. The van der Waals surface area contributed by atoms with Crippen molar-refractivity contribution < 1.29 is 20.1 Å². The molecule has 0 aromatic carbocycles. The maximum Gasteiger partial charge on any atom is 0.303 e. The van der Waals surface area contributed by atoms with Crippen LogP contribution in [-0.2, 0) is 4.79 Å². The van der Waals surface area contributed by atoms with Crippen LogP contribution >= 0.6 is 21.6 Å². The number of hydrogen-bond acceptors (Lipinski definition) is 5. The Kier molecular flexibility index (Phi) is 9.70. The molecule has 0 aliphatic rings. The van der Waals surface area contributed by atoms with E-state index in [0.29, 0.717) is 12.8 Å². The summed E-state index contributed by atoms with van der Waals surface area (Å²) in [5.41, 5.74) is 0. The van der Waals surface area contributed by atoms with Gasteiger partial charge in [-0.3, -0.25) is 4.79 Å². The third kappa shape index (κ3) is 12.1. The molecule has 0 unspecified atom stereocenters. The van der Waals surface area contributed by atoms with Crippen molar-refractivity contribution in [3.63, 3.8) is 0 Å². The molecule has 0 spiro atoms. The molecule has 0 aromatic rings. The topological polar surface area (TPSA) is 77.8 Å². The highest BCUT2D eigenvalue weighted by Gasteiger charge is 1.98. The molecule has 0 aliphatic heterocycles. The molecule has 0 bridgehead atoms. The first kappa shape index (κ1) is 14.1. The van der Waals surface area contributed by atoms with Crippen molar-refractivity contribution in [3.05, 3.63) is 0 Å². The van der Waals surface area contributed by atoms with Crippen molar-refractivity contribution in [2.75, 3.05) is 11.5 Å². The van der Waals surface area contributed by atoms with Gasteiger partial charge in [0.15, 0.2) is 6.29 Å². The van der Waals surface area contributed by atoms with Gasteiger partial charge < -0.3 is 15.3 Å². The van der Waals surface area contributed by atoms with Crippen molar-refractivity contribution in [1.82, 2.24) is 0 Å². The highest BCUT2D eigenvalue weighted by molar-refractivity contribution is 8.76. The molecule has 0 saturated carbocycles. The Bertz CT molecular complexity index is 152. The van der Waals surface area contributed by atoms with Crippen LogP contribution in [0.4, 0.5) is 0 Å². The first-order valence-corrected chi connectivity index (χ1v) is 6.94. The molecule has 0 rings (SSSR count). The summed E-state index contributed by atoms with van der Waals surface area (Å²) in [5.74, 6) is 0.951. The van der Waals surface area contributed by atoms with E-state index in [0.717, 1.165) is 17.9 Å². The fourth-order valence-corrected chi connectivity index (χ4v) is 2.92. The summed E-state index contributed by atoms with van der Waals surface area (Å²) in [6.07, 6.45) is 0.891. The number of carbonyl (C=O) groups is 1. The lowest BCUT2D eigenvalue weighted by atomic mass is 10.3. The lowest BCUT2D eigenvalue weighted by molar-refractivity contribution is -0.137. The Balaban J connectivity index is 2.96. The van der Waals surface area contributed by atoms with Crippen LogP contribution in [-0.4, -0.2) is 39.1 Å². The normalized spacial score (nSPS) is 10.8. The first-order chi connectivity index (χ1) is 6.63. The minimum absolute atomic E-state index is 0.225. The lowest BCUT2D eigenvalue weighted by Crippen LogP contribution is -2.03. The van der Waals surface area contributed by atoms with Crippen molar-refractivity contribution in [3.8, 4) is 0 Å². The van der Waals surface area contributed by atoms with Gasteiger partial charge in [-0.2, -0.15) is 0 Å². The molecule has 0 fully saturated rings. The summed E-state index contributed by atoms with van der Waals surface area (Å²) in [6, 6.07) is 0. The van der Waals surface area contributed by atoms with Gasteiger partial charge in [0.2, 0.25) is 0 Å². The Morgan fingerprint density at radius 1 is 1.14 bits per heavy atom.